The zero-order valence-corrected chi connectivity index (χ0v) is 20.2. The average molecular weight is 473 g/mol. The van der Waals surface area contributed by atoms with E-state index in [2.05, 4.69) is 15.1 Å². The molecule has 7 nitrogen and oxygen atoms in total. The summed E-state index contributed by atoms with van der Waals surface area (Å²) in [6.07, 6.45) is 6.08. The highest BCUT2D eigenvalue weighted by Crippen LogP contribution is 2.29. The van der Waals surface area contributed by atoms with Crippen LogP contribution in [0.15, 0.2) is 48.5 Å². The van der Waals surface area contributed by atoms with Gasteiger partial charge in [0.15, 0.2) is 0 Å². The summed E-state index contributed by atoms with van der Waals surface area (Å²) < 4.78 is 0. The summed E-state index contributed by atoms with van der Waals surface area (Å²) in [6.45, 7) is 6.12. The Balaban J connectivity index is 1.35. The molecule has 3 aromatic rings. The number of nitrogens with one attached hydrogen (secondary N) is 1. The molecule has 0 saturated carbocycles. The second-order valence-electron chi connectivity index (χ2n) is 9.70. The third-order valence-electron chi connectivity index (χ3n) is 7.29. The van der Waals surface area contributed by atoms with Gasteiger partial charge in [0.05, 0.1) is 11.1 Å². The van der Waals surface area contributed by atoms with Gasteiger partial charge >= 0.3 is 5.97 Å². The summed E-state index contributed by atoms with van der Waals surface area (Å²) in [5.41, 5.74) is 3.00. The summed E-state index contributed by atoms with van der Waals surface area (Å²) in [5, 5.41) is 13.3. The van der Waals surface area contributed by atoms with Crippen LogP contribution in [0.5, 0.6) is 0 Å². The summed E-state index contributed by atoms with van der Waals surface area (Å²) in [5.74, 6) is -0.519. The summed E-state index contributed by atoms with van der Waals surface area (Å²) in [7, 11) is 0. The number of anilines is 2. The number of aryl methyl sites for hydroxylation is 1. The van der Waals surface area contributed by atoms with E-state index in [-0.39, 0.29) is 11.5 Å². The van der Waals surface area contributed by atoms with Crippen LogP contribution in [0, 0.1) is 6.92 Å². The van der Waals surface area contributed by atoms with Crippen LogP contribution in [0.1, 0.15) is 58.4 Å². The van der Waals surface area contributed by atoms with Gasteiger partial charge in [-0.25, -0.2) is 9.78 Å². The van der Waals surface area contributed by atoms with E-state index in [1.54, 1.807) is 36.4 Å². The van der Waals surface area contributed by atoms with Crippen LogP contribution in [0.4, 0.5) is 11.5 Å². The molecule has 0 aliphatic carbocycles. The molecule has 1 amide bonds. The van der Waals surface area contributed by atoms with E-state index in [0.717, 1.165) is 31.5 Å². The Hall–Kier alpha value is -3.45. The van der Waals surface area contributed by atoms with Gasteiger partial charge in [-0.2, -0.15) is 0 Å². The van der Waals surface area contributed by atoms with Gasteiger partial charge in [0.25, 0.3) is 5.91 Å². The second-order valence-corrected chi connectivity index (χ2v) is 9.70. The number of carboxylic acid groups (broad SMARTS) is 1. The van der Waals surface area contributed by atoms with Crippen molar-refractivity contribution in [2.45, 2.75) is 45.1 Å². The lowest BCUT2D eigenvalue weighted by atomic mass is 9.99. The molecule has 2 aliphatic rings. The second kappa shape index (κ2) is 10.0. The molecule has 0 spiro atoms. The van der Waals surface area contributed by atoms with Crippen molar-refractivity contribution in [3.63, 3.8) is 0 Å². The molecule has 5 rings (SSSR count). The molecule has 35 heavy (non-hydrogen) atoms. The molecule has 2 fully saturated rings. The first-order valence-electron chi connectivity index (χ1n) is 12.5. The average Bonchev–Trinajstić information content (AvgIpc) is 2.89. The molecule has 2 N–H and O–H groups in total. The van der Waals surface area contributed by atoms with Crippen molar-refractivity contribution >= 4 is 34.3 Å². The first-order valence-corrected chi connectivity index (χ1v) is 12.5. The molecule has 7 heteroatoms. The lowest BCUT2D eigenvalue weighted by Gasteiger charge is -2.40. The summed E-state index contributed by atoms with van der Waals surface area (Å²) >= 11 is 0. The third-order valence-corrected chi connectivity index (χ3v) is 7.29. The van der Waals surface area contributed by atoms with Crippen molar-refractivity contribution in [2.24, 2.45) is 0 Å². The predicted molar refractivity (Wildman–Crippen MR) is 138 cm³/mol. The van der Waals surface area contributed by atoms with Gasteiger partial charge in [-0.1, -0.05) is 24.1 Å². The van der Waals surface area contributed by atoms with E-state index in [4.69, 9.17) is 4.98 Å². The number of likely N-dealkylation sites (tertiary alicyclic amines) is 1. The quantitative estimate of drug-likeness (QED) is 0.547. The number of piperidine rings is 2. The minimum absolute atomic E-state index is 0.203. The minimum atomic E-state index is -0.996. The Labute approximate surface area is 205 Å². The standard InChI is InChI=1S/C28H32N4O3/c1-19-5-7-20(8-6-19)27(33)29-21-9-10-25-23(17-21)24(28(34)35)18-26(30-25)32-15-11-22(12-16-32)31-13-3-2-4-14-31/h5-10,17-18,22H,2-4,11-16H2,1H3,(H,29,33)(H,34,35). The SMILES string of the molecule is Cc1ccc(C(=O)Nc2ccc3nc(N4CCC(N5CCCCC5)CC4)cc(C(=O)O)c3c2)cc1. The Kier molecular flexibility index (Phi) is 6.68. The number of benzene rings is 2. The zero-order valence-electron chi connectivity index (χ0n) is 20.2. The molecular formula is C28H32N4O3. The number of pyridine rings is 1. The number of hydrogen-bond acceptors (Lipinski definition) is 5. The number of carbonyl (C=O) groups excluding carboxylic acids is 1. The van der Waals surface area contributed by atoms with Crippen molar-refractivity contribution in [2.75, 3.05) is 36.4 Å². The fourth-order valence-electron chi connectivity index (χ4n) is 5.28. The number of carboxylic acids is 1. The predicted octanol–water partition coefficient (Wildman–Crippen LogP) is 4.95. The molecule has 182 valence electrons. The molecule has 2 aliphatic heterocycles. The van der Waals surface area contributed by atoms with Crippen molar-refractivity contribution < 1.29 is 14.7 Å². The largest absolute Gasteiger partial charge is 0.478 e. The van der Waals surface area contributed by atoms with Gasteiger partial charge < -0.3 is 20.2 Å². The maximum atomic E-state index is 12.6. The van der Waals surface area contributed by atoms with E-state index >= 15 is 0 Å². The number of aromatic nitrogens is 1. The third kappa shape index (κ3) is 5.15. The number of hydrogen-bond donors (Lipinski definition) is 2. The lowest BCUT2D eigenvalue weighted by molar-refractivity contribution is 0.0698. The van der Waals surface area contributed by atoms with Crippen LogP contribution >= 0.6 is 0 Å². The van der Waals surface area contributed by atoms with Crippen LogP contribution in [-0.4, -0.2) is 59.1 Å². The number of aromatic carboxylic acids is 1. The number of carbonyl (C=O) groups is 2. The fraction of sp³-hybridized carbons (Fsp3) is 0.393. The van der Waals surface area contributed by atoms with Gasteiger partial charge in [-0.05, 0) is 82.1 Å². The van der Waals surface area contributed by atoms with E-state index in [1.807, 2.05) is 19.1 Å². The van der Waals surface area contributed by atoms with Crippen LogP contribution in [0.2, 0.25) is 0 Å². The van der Waals surface area contributed by atoms with E-state index < -0.39 is 5.97 Å². The van der Waals surface area contributed by atoms with Gasteiger partial charge in [0.1, 0.15) is 5.82 Å². The van der Waals surface area contributed by atoms with E-state index in [0.29, 0.717) is 34.0 Å². The van der Waals surface area contributed by atoms with Gasteiger partial charge in [-0.15, -0.1) is 0 Å². The summed E-state index contributed by atoms with van der Waals surface area (Å²) in [4.78, 5) is 34.4. The molecule has 0 atom stereocenters. The Morgan fingerprint density at radius 2 is 1.66 bits per heavy atom. The van der Waals surface area contributed by atoms with Gasteiger partial charge in [0, 0.05) is 35.8 Å². The number of fused-ring (bicyclic) bond motifs is 1. The maximum Gasteiger partial charge on any atom is 0.336 e. The molecular weight excluding hydrogens is 440 g/mol. The normalized spacial score (nSPS) is 17.5. The van der Waals surface area contributed by atoms with Crippen LogP contribution in [0.25, 0.3) is 10.9 Å². The highest BCUT2D eigenvalue weighted by atomic mass is 16.4. The van der Waals surface area contributed by atoms with Gasteiger partial charge in [0.2, 0.25) is 0 Å². The number of rotatable bonds is 5. The topological polar surface area (TPSA) is 85.8 Å². The van der Waals surface area contributed by atoms with Crippen molar-refractivity contribution in [1.29, 1.82) is 0 Å². The molecule has 0 unspecified atom stereocenters. The van der Waals surface area contributed by atoms with Crippen molar-refractivity contribution in [3.05, 3.63) is 65.2 Å². The Morgan fingerprint density at radius 3 is 2.34 bits per heavy atom. The van der Waals surface area contributed by atoms with E-state index in [1.165, 1.54) is 32.4 Å². The Morgan fingerprint density at radius 1 is 0.943 bits per heavy atom. The molecule has 0 bridgehead atoms. The van der Waals surface area contributed by atoms with Crippen molar-refractivity contribution in [1.82, 2.24) is 9.88 Å². The maximum absolute atomic E-state index is 12.6. The van der Waals surface area contributed by atoms with Crippen molar-refractivity contribution in [3.8, 4) is 0 Å². The first-order chi connectivity index (χ1) is 17.0. The molecule has 3 heterocycles. The number of amides is 1. The lowest BCUT2D eigenvalue weighted by Crippen LogP contribution is -2.47. The molecule has 2 aromatic carbocycles. The first kappa shape index (κ1) is 23.3. The fourth-order valence-corrected chi connectivity index (χ4v) is 5.28. The minimum Gasteiger partial charge on any atom is -0.478 e. The van der Waals surface area contributed by atoms with Gasteiger partial charge in [-0.3, -0.25) is 4.79 Å². The van der Waals surface area contributed by atoms with Crippen LogP contribution in [0.3, 0.4) is 0 Å². The zero-order chi connectivity index (χ0) is 24.4. The molecule has 2 saturated heterocycles. The Bertz CT molecular complexity index is 1230. The smallest absolute Gasteiger partial charge is 0.336 e. The van der Waals surface area contributed by atoms with E-state index in [9.17, 15) is 14.7 Å². The highest BCUT2D eigenvalue weighted by Gasteiger charge is 2.27. The van der Waals surface area contributed by atoms with Crippen LogP contribution in [-0.2, 0) is 0 Å². The van der Waals surface area contributed by atoms with Crippen LogP contribution < -0.4 is 10.2 Å². The summed E-state index contributed by atoms with van der Waals surface area (Å²) in [6, 6.07) is 14.9. The highest BCUT2D eigenvalue weighted by molar-refractivity contribution is 6.08. The molecule has 1 aromatic heterocycles. The monoisotopic (exact) mass is 472 g/mol. The number of nitrogens with zero attached hydrogens (tertiary/aromatic N) is 3. The molecule has 0 radical (unpaired) electrons.